The van der Waals surface area contributed by atoms with E-state index in [0.717, 1.165) is 5.56 Å². The Bertz CT molecular complexity index is 278. The molecule has 0 heterocycles. The van der Waals surface area contributed by atoms with Crippen LogP contribution in [0.4, 0.5) is 0 Å². The number of nitrogens with one attached hydrogen (secondary N) is 1. The van der Waals surface area contributed by atoms with Gasteiger partial charge in [0.2, 0.25) is 0 Å². The predicted molar refractivity (Wildman–Crippen MR) is 51.5 cm³/mol. The van der Waals surface area contributed by atoms with Crippen LogP contribution in [0.3, 0.4) is 0 Å². The first-order chi connectivity index (χ1) is 6.24. The molecule has 13 heavy (non-hydrogen) atoms. The molecule has 3 nitrogen and oxygen atoms in total. The molecule has 0 aromatic heterocycles. The monoisotopic (exact) mass is 201 g/mol. The van der Waals surface area contributed by atoms with Crippen LogP contribution in [-0.4, -0.2) is 18.4 Å². The maximum absolute atomic E-state index is 8.31. The molecule has 1 aromatic rings. The molecular formula is C9H12ClNO2. The second kappa shape index (κ2) is 5.07. The summed E-state index contributed by atoms with van der Waals surface area (Å²) in [6, 6.07) is 5.57. The third-order valence-corrected chi connectivity index (χ3v) is 1.87. The van der Waals surface area contributed by atoms with Crippen molar-refractivity contribution in [2.75, 3.05) is 13.2 Å². The summed E-state index contributed by atoms with van der Waals surface area (Å²) in [6.07, 6.45) is 0. The number of rotatable bonds is 4. The summed E-state index contributed by atoms with van der Waals surface area (Å²) in [4.78, 5) is 0. The normalized spacial score (nSPS) is 10.1. The first kappa shape index (κ1) is 10.3. The van der Waals surface area contributed by atoms with Crippen molar-refractivity contribution in [1.29, 1.82) is 0 Å². The van der Waals surface area contributed by atoms with Crippen LogP contribution in [-0.2, 0) is 0 Å². The van der Waals surface area contributed by atoms with Crippen LogP contribution in [0, 0.1) is 6.92 Å². The van der Waals surface area contributed by atoms with E-state index < -0.39 is 0 Å². The van der Waals surface area contributed by atoms with Crippen LogP contribution >= 0.6 is 11.6 Å². The van der Waals surface area contributed by atoms with Crippen molar-refractivity contribution in [2.24, 2.45) is 0 Å². The number of aryl methyl sites for hydroxylation is 1. The summed E-state index contributed by atoms with van der Waals surface area (Å²) >= 11 is 5.87. The largest absolute Gasteiger partial charge is 0.491 e. The van der Waals surface area contributed by atoms with Crippen molar-refractivity contribution >= 4 is 11.6 Å². The molecular weight excluding hydrogens is 190 g/mol. The van der Waals surface area contributed by atoms with Gasteiger partial charge in [0, 0.05) is 0 Å². The van der Waals surface area contributed by atoms with Crippen molar-refractivity contribution < 1.29 is 9.94 Å². The Labute approximate surface area is 82.2 Å². The first-order valence-corrected chi connectivity index (χ1v) is 4.37. The van der Waals surface area contributed by atoms with Gasteiger partial charge in [-0.15, -0.1) is 0 Å². The van der Waals surface area contributed by atoms with Crippen molar-refractivity contribution in [3.8, 4) is 5.75 Å². The number of hydrogen-bond donors (Lipinski definition) is 2. The highest BCUT2D eigenvalue weighted by molar-refractivity contribution is 6.32. The fourth-order valence-electron chi connectivity index (χ4n) is 0.928. The van der Waals surface area contributed by atoms with Crippen LogP contribution in [0.25, 0.3) is 0 Å². The Morgan fingerprint density at radius 2 is 2.31 bits per heavy atom. The van der Waals surface area contributed by atoms with Gasteiger partial charge in [-0.2, -0.15) is 0 Å². The van der Waals surface area contributed by atoms with Gasteiger partial charge < -0.3 is 9.94 Å². The molecule has 0 aliphatic rings. The Kier molecular flexibility index (Phi) is 4.02. The predicted octanol–water partition coefficient (Wildman–Crippen LogP) is 2.01. The second-order valence-electron chi connectivity index (χ2n) is 2.69. The smallest absolute Gasteiger partial charge is 0.138 e. The number of benzene rings is 1. The van der Waals surface area contributed by atoms with Gasteiger partial charge in [0.1, 0.15) is 12.4 Å². The van der Waals surface area contributed by atoms with Gasteiger partial charge in [0.05, 0.1) is 11.6 Å². The van der Waals surface area contributed by atoms with E-state index in [-0.39, 0.29) is 0 Å². The Balaban J connectivity index is 2.59. The van der Waals surface area contributed by atoms with E-state index in [4.69, 9.17) is 21.5 Å². The van der Waals surface area contributed by atoms with Gasteiger partial charge >= 0.3 is 0 Å². The van der Waals surface area contributed by atoms with Crippen molar-refractivity contribution in [3.63, 3.8) is 0 Å². The van der Waals surface area contributed by atoms with Crippen LogP contribution in [0.15, 0.2) is 18.2 Å². The Morgan fingerprint density at radius 1 is 1.54 bits per heavy atom. The Morgan fingerprint density at radius 3 is 3.00 bits per heavy atom. The third-order valence-electron chi connectivity index (χ3n) is 1.56. The molecule has 72 valence electrons. The summed E-state index contributed by atoms with van der Waals surface area (Å²) in [5.74, 6) is 0.650. The summed E-state index contributed by atoms with van der Waals surface area (Å²) in [5.41, 5.74) is 3.10. The number of halogens is 1. The fraction of sp³-hybridized carbons (Fsp3) is 0.333. The highest BCUT2D eigenvalue weighted by Gasteiger charge is 2.00. The van der Waals surface area contributed by atoms with E-state index in [2.05, 4.69) is 0 Å². The summed E-state index contributed by atoms with van der Waals surface area (Å²) < 4.78 is 5.30. The molecule has 4 heteroatoms. The lowest BCUT2D eigenvalue weighted by molar-refractivity contribution is 0.145. The standard InChI is InChI=1S/C9H12ClNO2/c1-7-2-3-8(10)9(6-7)13-5-4-11-12/h2-3,6,11-12H,4-5H2,1H3. The van der Waals surface area contributed by atoms with Crippen LogP contribution in [0.5, 0.6) is 5.75 Å². The van der Waals surface area contributed by atoms with E-state index >= 15 is 0 Å². The topological polar surface area (TPSA) is 41.5 Å². The van der Waals surface area contributed by atoms with Gasteiger partial charge in [-0.25, -0.2) is 5.48 Å². The lowest BCUT2D eigenvalue weighted by atomic mass is 10.2. The molecule has 0 saturated heterocycles. The molecule has 2 N–H and O–H groups in total. The molecule has 0 bridgehead atoms. The zero-order valence-corrected chi connectivity index (χ0v) is 8.14. The summed E-state index contributed by atoms with van der Waals surface area (Å²) in [5, 5.41) is 8.89. The highest BCUT2D eigenvalue weighted by Crippen LogP contribution is 2.24. The molecule has 0 amide bonds. The van der Waals surface area contributed by atoms with Gasteiger partial charge in [-0.3, -0.25) is 0 Å². The van der Waals surface area contributed by atoms with E-state index in [1.807, 2.05) is 24.5 Å². The second-order valence-corrected chi connectivity index (χ2v) is 3.10. The molecule has 0 aliphatic heterocycles. The molecule has 0 spiro atoms. The van der Waals surface area contributed by atoms with E-state index in [1.165, 1.54) is 0 Å². The zero-order chi connectivity index (χ0) is 9.68. The molecule has 0 atom stereocenters. The van der Waals surface area contributed by atoms with Crippen molar-refractivity contribution in [2.45, 2.75) is 6.92 Å². The third kappa shape index (κ3) is 3.22. The molecule has 0 fully saturated rings. The minimum atomic E-state index is 0.379. The quantitative estimate of drug-likeness (QED) is 0.579. The van der Waals surface area contributed by atoms with Crippen molar-refractivity contribution in [1.82, 2.24) is 5.48 Å². The SMILES string of the molecule is Cc1ccc(Cl)c(OCCNO)c1. The lowest BCUT2D eigenvalue weighted by Gasteiger charge is -2.07. The Hall–Kier alpha value is -0.770. The van der Waals surface area contributed by atoms with Crippen molar-refractivity contribution in [3.05, 3.63) is 28.8 Å². The number of hydrogen-bond acceptors (Lipinski definition) is 3. The molecule has 1 aromatic carbocycles. The average Bonchev–Trinajstić information content (AvgIpc) is 2.11. The van der Waals surface area contributed by atoms with E-state index in [1.54, 1.807) is 6.07 Å². The van der Waals surface area contributed by atoms with E-state index in [9.17, 15) is 0 Å². The number of ether oxygens (including phenoxy) is 1. The first-order valence-electron chi connectivity index (χ1n) is 4.00. The minimum absolute atomic E-state index is 0.379. The van der Waals surface area contributed by atoms with Crippen LogP contribution < -0.4 is 10.2 Å². The molecule has 0 aliphatic carbocycles. The number of hydroxylamine groups is 1. The van der Waals surface area contributed by atoms with Gasteiger partial charge in [-0.05, 0) is 24.6 Å². The van der Waals surface area contributed by atoms with Crippen LogP contribution in [0.2, 0.25) is 5.02 Å². The fourth-order valence-corrected chi connectivity index (χ4v) is 1.10. The zero-order valence-electron chi connectivity index (χ0n) is 7.38. The molecule has 0 radical (unpaired) electrons. The lowest BCUT2D eigenvalue weighted by Crippen LogP contribution is -2.16. The molecule has 0 saturated carbocycles. The maximum atomic E-state index is 8.31. The molecule has 1 rings (SSSR count). The molecule has 0 unspecified atom stereocenters. The van der Waals surface area contributed by atoms with Gasteiger partial charge in [-0.1, -0.05) is 17.7 Å². The summed E-state index contributed by atoms with van der Waals surface area (Å²) in [7, 11) is 0. The van der Waals surface area contributed by atoms with Crippen LogP contribution in [0.1, 0.15) is 5.56 Å². The average molecular weight is 202 g/mol. The maximum Gasteiger partial charge on any atom is 0.138 e. The van der Waals surface area contributed by atoms with Gasteiger partial charge in [0.25, 0.3) is 0 Å². The van der Waals surface area contributed by atoms with E-state index in [0.29, 0.717) is 23.9 Å². The summed E-state index contributed by atoms with van der Waals surface area (Å²) in [6.45, 7) is 2.73. The highest BCUT2D eigenvalue weighted by atomic mass is 35.5. The van der Waals surface area contributed by atoms with Gasteiger partial charge in [0.15, 0.2) is 0 Å². The minimum Gasteiger partial charge on any atom is -0.491 e.